The Morgan fingerprint density at radius 2 is 1.94 bits per heavy atom. The molecule has 9 nitrogen and oxygen atoms in total. The zero-order valence-electron chi connectivity index (χ0n) is 19.3. The van der Waals surface area contributed by atoms with E-state index in [1.807, 2.05) is 57.8 Å². The number of amides is 1. The Morgan fingerprint density at radius 1 is 1.19 bits per heavy atom. The molecule has 0 aromatic carbocycles. The van der Waals surface area contributed by atoms with E-state index < -0.39 is 11.7 Å². The maximum Gasteiger partial charge on any atom is 0.407 e. The first-order valence-corrected chi connectivity index (χ1v) is 11.1. The molecule has 3 heterocycles. The SMILES string of the molecule is Cn1cc(-c2cn3ncc(C4CC4)c3c(OC3(C)CC(OC(=O)NC(C)(C)C)C3)n2)cn1. The number of hydrogen-bond acceptors (Lipinski definition) is 6. The number of ether oxygens (including phenoxy) is 2. The number of nitrogens with one attached hydrogen (secondary N) is 1. The maximum atomic E-state index is 12.1. The van der Waals surface area contributed by atoms with E-state index in [-0.39, 0.29) is 11.6 Å². The number of aromatic nitrogens is 5. The van der Waals surface area contributed by atoms with Gasteiger partial charge < -0.3 is 14.8 Å². The lowest BCUT2D eigenvalue weighted by Crippen LogP contribution is -2.53. The van der Waals surface area contributed by atoms with Crippen LogP contribution in [0.3, 0.4) is 0 Å². The van der Waals surface area contributed by atoms with Gasteiger partial charge in [-0.2, -0.15) is 10.2 Å². The summed E-state index contributed by atoms with van der Waals surface area (Å²) in [4.78, 5) is 17.0. The topological polar surface area (TPSA) is 95.6 Å². The molecule has 170 valence electrons. The van der Waals surface area contributed by atoms with E-state index in [0.717, 1.165) is 16.8 Å². The monoisotopic (exact) mass is 438 g/mol. The number of rotatable bonds is 5. The Bertz CT molecular complexity index is 1160. The van der Waals surface area contributed by atoms with Crippen molar-refractivity contribution in [3.8, 4) is 17.1 Å². The van der Waals surface area contributed by atoms with Crippen LogP contribution in [-0.4, -0.2) is 47.7 Å². The Balaban J connectivity index is 1.38. The summed E-state index contributed by atoms with van der Waals surface area (Å²) in [6.07, 6.45) is 10.6. The molecule has 0 saturated heterocycles. The van der Waals surface area contributed by atoms with Gasteiger partial charge in [-0.15, -0.1) is 0 Å². The van der Waals surface area contributed by atoms with Crippen LogP contribution in [0, 0.1) is 0 Å². The lowest BCUT2D eigenvalue weighted by molar-refractivity contribution is -0.0882. The molecule has 1 N–H and O–H groups in total. The predicted molar refractivity (Wildman–Crippen MR) is 119 cm³/mol. The van der Waals surface area contributed by atoms with Gasteiger partial charge in [0.25, 0.3) is 0 Å². The number of nitrogens with zero attached hydrogens (tertiary/aromatic N) is 5. The Labute approximate surface area is 187 Å². The van der Waals surface area contributed by atoms with E-state index in [9.17, 15) is 4.79 Å². The molecule has 9 heteroatoms. The summed E-state index contributed by atoms with van der Waals surface area (Å²) in [5, 5.41) is 11.7. The van der Waals surface area contributed by atoms with Gasteiger partial charge >= 0.3 is 6.09 Å². The zero-order valence-corrected chi connectivity index (χ0v) is 19.3. The van der Waals surface area contributed by atoms with Gasteiger partial charge in [-0.1, -0.05) is 0 Å². The third-order valence-corrected chi connectivity index (χ3v) is 5.92. The smallest absolute Gasteiger partial charge is 0.407 e. The van der Waals surface area contributed by atoms with Crippen molar-refractivity contribution in [3.63, 3.8) is 0 Å². The van der Waals surface area contributed by atoms with Crippen molar-refractivity contribution in [2.75, 3.05) is 0 Å². The standard InChI is InChI=1S/C23H30N6O3/c1-22(2,3)27-21(30)31-16-8-23(4,9-16)32-20-19-17(14-6-7-14)11-25-29(19)13-18(26-20)15-10-24-28(5)12-15/h10-14,16H,6-9H2,1-5H3,(H,27,30). The van der Waals surface area contributed by atoms with Crippen molar-refractivity contribution in [2.24, 2.45) is 7.05 Å². The zero-order chi connectivity index (χ0) is 22.7. The molecule has 3 aromatic rings. The first-order chi connectivity index (χ1) is 15.1. The van der Waals surface area contributed by atoms with Crippen molar-refractivity contribution < 1.29 is 14.3 Å². The van der Waals surface area contributed by atoms with E-state index in [1.165, 1.54) is 18.4 Å². The maximum absolute atomic E-state index is 12.1. The Hall–Kier alpha value is -3.10. The van der Waals surface area contributed by atoms with Gasteiger partial charge in [0.15, 0.2) is 0 Å². The molecule has 0 bridgehead atoms. The van der Waals surface area contributed by atoms with Gasteiger partial charge in [-0.05, 0) is 46.5 Å². The van der Waals surface area contributed by atoms with E-state index in [1.54, 1.807) is 10.9 Å². The minimum Gasteiger partial charge on any atom is -0.469 e. The second-order valence-corrected chi connectivity index (χ2v) is 10.4. The molecule has 0 aliphatic heterocycles. The van der Waals surface area contributed by atoms with Crippen molar-refractivity contribution in [2.45, 2.75) is 76.5 Å². The minimum absolute atomic E-state index is 0.173. The molecule has 2 saturated carbocycles. The van der Waals surface area contributed by atoms with Crippen LogP contribution >= 0.6 is 0 Å². The fourth-order valence-electron chi connectivity index (χ4n) is 4.25. The minimum atomic E-state index is -0.460. The second-order valence-electron chi connectivity index (χ2n) is 10.4. The van der Waals surface area contributed by atoms with Gasteiger partial charge in [0, 0.05) is 42.8 Å². The summed E-state index contributed by atoms with van der Waals surface area (Å²) >= 11 is 0. The van der Waals surface area contributed by atoms with Gasteiger partial charge in [-0.3, -0.25) is 4.68 Å². The highest BCUT2D eigenvalue weighted by Crippen LogP contribution is 2.45. The highest BCUT2D eigenvalue weighted by atomic mass is 16.6. The van der Waals surface area contributed by atoms with E-state index in [0.29, 0.717) is 24.6 Å². The molecule has 1 amide bonds. The molecular weight excluding hydrogens is 408 g/mol. The van der Waals surface area contributed by atoms with Crippen LogP contribution < -0.4 is 10.1 Å². The van der Waals surface area contributed by atoms with Crippen LogP contribution in [0.1, 0.15) is 64.9 Å². The molecule has 0 unspecified atom stereocenters. The normalized spacial score (nSPS) is 23.1. The Morgan fingerprint density at radius 3 is 2.56 bits per heavy atom. The molecule has 5 rings (SSSR count). The molecule has 0 radical (unpaired) electrons. The average Bonchev–Trinajstić information content (AvgIpc) is 3.25. The fourth-order valence-corrected chi connectivity index (χ4v) is 4.25. The Kier molecular flexibility index (Phi) is 4.69. The second kappa shape index (κ2) is 7.21. The molecule has 3 aromatic heterocycles. The number of fused-ring (bicyclic) bond motifs is 1. The number of aryl methyl sites for hydroxylation is 1. The highest BCUT2D eigenvalue weighted by Gasteiger charge is 2.46. The van der Waals surface area contributed by atoms with Gasteiger partial charge in [0.2, 0.25) is 5.88 Å². The third kappa shape index (κ3) is 4.16. The summed E-state index contributed by atoms with van der Waals surface area (Å²) in [6, 6.07) is 0. The summed E-state index contributed by atoms with van der Waals surface area (Å²) in [7, 11) is 1.88. The van der Waals surface area contributed by atoms with Gasteiger partial charge in [-0.25, -0.2) is 14.3 Å². The van der Waals surface area contributed by atoms with Crippen molar-refractivity contribution >= 4 is 11.6 Å². The van der Waals surface area contributed by atoms with E-state index in [2.05, 4.69) is 15.5 Å². The molecular formula is C23H30N6O3. The predicted octanol–water partition coefficient (Wildman–Crippen LogP) is 3.83. The molecule has 2 fully saturated rings. The van der Waals surface area contributed by atoms with Crippen molar-refractivity contribution in [3.05, 3.63) is 30.4 Å². The summed E-state index contributed by atoms with van der Waals surface area (Å²) < 4.78 is 15.7. The van der Waals surface area contributed by atoms with Gasteiger partial charge in [0.1, 0.15) is 17.2 Å². The first kappa shape index (κ1) is 20.8. The van der Waals surface area contributed by atoms with E-state index >= 15 is 0 Å². The lowest BCUT2D eigenvalue weighted by Gasteiger charge is -2.43. The number of carbonyl (C=O) groups is 1. The number of hydrogen-bond donors (Lipinski definition) is 1. The summed E-state index contributed by atoms with van der Waals surface area (Å²) in [6.45, 7) is 7.82. The largest absolute Gasteiger partial charge is 0.469 e. The van der Waals surface area contributed by atoms with Crippen LogP contribution in [0.5, 0.6) is 5.88 Å². The number of alkyl carbamates (subject to hydrolysis) is 1. The summed E-state index contributed by atoms with van der Waals surface area (Å²) in [5.74, 6) is 1.10. The summed E-state index contributed by atoms with van der Waals surface area (Å²) in [5.41, 5.74) is 2.98. The fraction of sp³-hybridized carbons (Fsp3) is 0.565. The van der Waals surface area contributed by atoms with Crippen molar-refractivity contribution in [1.82, 2.24) is 29.7 Å². The molecule has 32 heavy (non-hydrogen) atoms. The quantitative estimate of drug-likeness (QED) is 0.650. The third-order valence-electron chi connectivity index (χ3n) is 5.92. The highest BCUT2D eigenvalue weighted by molar-refractivity contribution is 5.69. The molecule has 2 aliphatic rings. The van der Waals surface area contributed by atoms with Crippen LogP contribution in [0.4, 0.5) is 4.79 Å². The molecule has 0 atom stereocenters. The average molecular weight is 439 g/mol. The van der Waals surface area contributed by atoms with Crippen LogP contribution in [0.15, 0.2) is 24.8 Å². The first-order valence-electron chi connectivity index (χ1n) is 11.1. The molecule has 2 aliphatic carbocycles. The van der Waals surface area contributed by atoms with Crippen LogP contribution in [0.25, 0.3) is 16.8 Å². The van der Waals surface area contributed by atoms with Crippen LogP contribution in [0.2, 0.25) is 0 Å². The van der Waals surface area contributed by atoms with Gasteiger partial charge in [0.05, 0.1) is 24.3 Å². The van der Waals surface area contributed by atoms with E-state index in [4.69, 9.17) is 14.5 Å². The van der Waals surface area contributed by atoms with Crippen molar-refractivity contribution in [1.29, 1.82) is 0 Å². The lowest BCUT2D eigenvalue weighted by atomic mass is 9.79. The molecule has 0 spiro atoms. The number of carbonyl (C=O) groups excluding carboxylic acids is 1. The van der Waals surface area contributed by atoms with Crippen LogP contribution in [-0.2, 0) is 11.8 Å².